The van der Waals surface area contributed by atoms with E-state index in [-0.39, 0.29) is 11.5 Å². The van der Waals surface area contributed by atoms with Gasteiger partial charge in [0.25, 0.3) is 0 Å². The third-order valence-electron chi connectivity index (χ3n) is 4.91. The number of methoxy groups -OCH3 is 1. The molecule has 2 aliphatic rings. The molecule has 0 saturated heterocycles. The number of hydrogen-bond acceptors (Lipinski definition) is 2. The highest BCUT2D eigenvalue weighted by Crippen LogP contribution is 2.53. The lowest BCUT2D eigenvalue weighted by atomic mass is 9.69. The van der Waals surface area contributed by atoms with Gasteiger partial charge in [0, 0.05) is 17.6 Å². The third kappa shape index (κ3) is 1.93. The van der Waals surface area contributed by atoms with E-state index in [0.29, 0.717) is 6.10 Å². The molecule has 0 radical (unpaired) electrons. The van der Waals surface area contributed by atoms with E-state index in [9.17, 15) is 0 Å². The minimum absolute atomic E-state index is 0.197. The van der Waals surface area contributed by atoms with Gasteiger partial charge in [-0.25, -0.2) is 0 Å². The highest BCUT2D eigenvalue weighted by molar-refractivity contribution is 9.10. The van der Waals surface area contributed by atoms with Crippen LogP contribution in [-0.2, 0) is 11.2 Å². The first-order valence-electron chi connectivity index (χ1n) is 6.71. The van der Waals surface area contributed by atoms with Crippen molar-refractivity contribution in [2.75, 3.05) is 7.11 Å². The van der Waals surface area contributed by atoms with Gasteiger partial charge in [0.15, 0.2) is 0 Å². The molecule has 0 bridgehead atoms. The van der Waals surface area contributed by atoms with Crippen LogP contribution >= 0.6 is 15.9 Å². The zero-order valence-electron chi connectivity index (χ0n) is 10.8. The maximum absolute atomic E-state index is 6.55. The van der Waals surface area contributed by atoms with Crippen molar-refractivity contribution in [3.8, 4) is 0 Å². The number of fused-ring (bicyclic) bond motifs is 1. The molecule has 2 aliphatic carbocycles. The molecule has 1 fully saturated rings. The van der Waals surface area contributed by atoms with Crippen LogP contribution in [0.4, 0.5) is 0 Å². The number of ether oxygens (including phenoxy) is 1. The van der Waals surface area contributed by atoms with Gasteiger partial charge in [0.2, 0.25) is 0 Å². The summed E-state index contributed by atoms with van der Waals surface area (Å²) in [4.78, 5) is 0. The summed E-state index contributed by atoms with van der Waals surface area (Å²) in [6, 6.07) is 6.77. The highest BCUT2D eigenvalue weighted by Gasteiger charge is 2.46. The molecule has 3 heteroatoms. The predicted molar refractivity (Wildman–Crippen MR) is 76.5 cm³/mol. The Kier molecular flexibility index (Phi) is 3.25. The molecule has 0 amide bonds. The summed E-state index contributed by atoms with van der Waals surface area (Å²) in [7, 11) is 1.82. The van der Waals surface area contributed by atoms with Gasteiger partial charge < -0.3 is 10.5 Å². The maximum Gasteiger partial charge on any atom is 0.0571 e. The van der Waals surface area contributed by atoms with E-state index >= 15 is 0 Å². The molecule has 2 nitrogen and oxygen atoms in total. The summed E-state index contributed by atoms with van der Waals surface area (Å²) < 4.78 is 6.62. The summed E-state index contributed by atoms with van der Waals surface area (Å²) in [6.45, 7) is 0. The highest BCUT2D eigenvalue weighted by atomic mass is 79.9. The second kappa shape index (κ2) is 4.62. The van der Waals surface area contributed by atoms with Gasteiger partial charge >= 0.3 is 0 Å². The van der Waals surface area contributed by atoms with Gasteiger partial charge in [-0.15, -0.1) is 0 Å². The van der Waals surface area contributed by atoms with Crippen LogP contribution in [0.3, 0.4) is 0 Å². The van der Waals surface area contributed by atoms with Crippen LogP contribution in [-0.4, -0.2) is 13.2 Å². The fourth-order valence-electron chi connectivity index (χ4n) is 3.73. The Morgan fingerprint density at radius 1 is 1.33 bits per heavy atom. The molecule has 0 aliphatic heterocycles. The Morgan fingerprint density at radius 3 is 2.72 bits per heavy atom. The zero-order chi connectivity index (χ0) is 12.8. The van der Waals surface area contributed by atoms with E-state index in [2.05, 4.69) is 34.1 Å². The minimum atomic E-state index is 0.197. The van der Waals surface area contributed by atoms with Crippen molar-refractivity contribution in [3.05, 3.63) is 33.8 Å². The molecule has 98 valence electrons. The molecule has 0 heterocycles. The van der Waals surface area contributed by atoms with Gasteiger partial charge in [-0.1, -0.05) is 22.0 Å². The Hall–Kier alpha value is -0.380. The van der Waals surface area contributed by atoms with Crippen molar-refractivity contribution in [1.82, 2.24) is 0 Å². The Balaban J connectivity index is 1.86. The molecular formula is C15H20BrNO. The van der Waals surface area contributed by atoms with Gasteiger partial charge in [0.05, 0.1) is 6.10 Å². The Morgan fingerprint density at radius 2 is 2.06 bits per heavy atom. The van der Waals surface area contributed by atoms with Crippen molar-refractivity contribution in [2.45, 2.75) is 44.2 Å². The lowest BCUT2D eigenvalue weighted by molar-refractivity contribution is 0.0207. The van der Waals surface area contributed by atoms with Crippen molar-refractivity contribution in [1.29, 1.82) is 0 Å². The van der Waals surface area contributed by atoms with Crippen LogP contribution < -0.4 is 5.73 Å². The van der Waals surface area contributed by atoms with E-state index in [0.717, 1.165) is 23.7 Å². The van der Waals surface area contributed by atoms with Crippen LogP contribution in [0.25, 0.3) is 0 Å². The van der Waals surface area contributed by atoms with Crippen molar-refractivity contribution >= 4 is 15.9 Å². The first kappa shape index (κ1) is 12.6. The van der Waals surface area contributed by atoms with Crippen molar-refractivity contribution in [3.63, 3.8) is 0 Å². The molecule has 18 heavy (non-hydrogen) atoms. The van der Waals surface area contributed by atoms with Crippen LogP contribution in [0.2, 0.25) is 0 Å². The third-order valence-corrected chi connectivity index (χ3v) is 5.40. The number of nitrogens with two attached hydrogens (primary N) is 1. The molecule has 1 aromatic rings. The fraction of sp³-hybridized carbons (Fsp3) is 0.600. The number of benzene rings is 1. The standard InChI is InChI=1S/C15H20BrNO/c1-18-12-4-6-15(7-5-12)9-10-2-3-11(16)8-13(10)14(15)17/h2-3,8,12,14H,4-7,9,17H2,1H3/t12?,14-,15?/m1/s1. The van der Waals surface area contributed by atoms with Gasteiger partial charge in [-0.2, -0.15) is 0 Å². The first-order chi connectivity index (χ1) is 8.64. The van der Waals surface area contributed by atoms with E-state index in [1.54, 1.807) is 0 Å². The van der Waals surface area contributed by atoms with Crippen molar-refractivity contribution in [2.24, 2.45) is 11.1 Å². The average molecular weight is 310 g/mol. The monoisotopic (exact) mass is 309 g/mol. The molecule has 2 N–H and O–H groups in total. The van der Waals surface area contributed by atoms with Crippen LogP contribution in [0.1, 0.15) is 42.9 Å². The van der Waals surface area contributed by atoms with Crippen molar-refractivity contribution < 1.29 is 4.74 Å². The maximum atomic E-state index is 6.55. The number of halogens is 1. The predicted octanol–water partition coefficient (Wildman–Crippen LogP) is 3.58. The molecule has 0 unspecified atom stereocenters. The van der Waals surface area contributed by atoms with Gasteiger partial charge in [-0.3, -0.25) is 0 Å². The summed E-state index contributed by atoms with van der Waals surface area (Å²) >= 11 is 3.55. The van der Waals surface area contributed by atoms with E-state index < -0.39 is 0 Å². The van der Waals surface area contributed by atoms with Gasteiger partial charge in [0.1, 0.15) is 0 Å². The van der Waals surface area contributed by atoms with Crippen LogP contribution in [0.15, 0.2) is 22.7 Å². The quantitative estimate of drug-likeness (QED) is 0.860. The molecule has 3 rings (SSSR count). The number of rotatable bonds is 1. The molecule has 1 saturated carbocycles. The van der Waals surface area contributed by atoms with E-state index in [4.69, 9.17) is 10.5 Å². The molecule has 0 aromatic heterocycles. The zero-order valence-corrected chi connectivity index (χ0v) is 12.4. The lowest BCUT2D eigenvalue weighted by Gasteiger charge is -2.40. The SMILES string of the molecule is COC1CCC2(CC1)Cc1ccc(Br)cc1[C@H]2N. The summed E-state index contributed by atoms with van der Waals surface area (Å²) in [5.74, 6) is 0. The second-order valence-electron chi connectivity index (χ2n) is 5.80. The fourth-order valence-corrected chi connectivity index (χ4v) is 4.10. The van der Waals surface area contributed by atoms with Crippen LogP contribution in [0.5, 0.6) is 0 Å². The topological polar surface area (TPSA) is 35.2 Å². The normalized spacial score (nSPS) is 34.8. The number of hydrogen-bond donors (Lipinski definition) is 1. The lowest BCUT2D eigenvalue weighted by Crippen LogP contribution is -2.37. The summed E-state index contributed by atoms with van der Waals surface area (Å²) in [5, 5.41) is 0. The molecule has 1 spiro atoms. The largest absolute Gasteiger partial charge is 0.381 e. The summed E-state index contributed by atoms with van der Waals surface area (Å²) in [6.07, 6.45) is 6.28. The van der Waals surface area contributed by atoms with E-state index in [1.165, 1.54) is 24.0 Å². The Bertz CT molecular complexity index is 452. The van der Waals surface area contributed by atoms with Gasteiger partial charge in [-0.05, 0) is 60.8 Å². The minimum Gasteiger partial charge on any atom is -0.381 e. The second-order valence-corrected chi connectivity index (χ2v) is 6.71. The average Bonchev–Trinajstić information content (AvgIpc) is 2.65. The Labute approximate surface area is 117 Å². The smallest absolute Gasteiger partial charge is 0.0571 e. The molecular weight excluding hydrogens is 290 g/mol. The first-order valence-corrected chi connectivity index (χ1v) is 7.51. The summed E-state index contributed by atoms with van der Waals surface area (Å²) in [5.41, 5.74) is 9.63. The molecule has 1 atom stereocenters. The van der Waals surface area contributed by atoms with Crippen LogP contribution in [0, 0.1) is 5.41 Å². The molecule has 1 aromatic carbocycles. The van der Waals surface area contributed by atoms with E-state index in [1.807, 2.05) is 7.11 Å².